The van der Waals surface area contributed by atoms with Crippen LogP contribution in [0.5, 0.6) is 0 Å². The van der Waals surface area contributed by atoms with Crippen LogP contribution in [0, 0.1) is 153 Å². The molecule has 2 aromatic rings. The van der Waals surface area contributed by atoms with Crippen molar-refractivity contribution in [2.45, 2.75) is 55.4 Å². The average Bonchev–Trinajstić information content (AvgIpc) is 3.80. The van der Waals surface area contributed by atoms with E-state index in [-0.39, 0.29) is 82.1 Å². The average molecular weight is 765 g/mol. The van der Waals surface area contributed by atoms with Gasteiger partial charge in [0.2, 0.25) is 0 Å². The molecule has 0 unspecified atom stereocenters. The summed E-state index contributed by atoms with van der Waals surface area (Å²) in [4.78, 5) is 0. The molecule has 4 aliphatic carbocycles. The zero-order chi connectivity index (χ0) is 28.8. The molecule has 0 spiro atoms. The third-order valence-corrected chi connectivity index (χ3v) is 8.67. The first-order valence-corrected chi connectivity index (χ1v) is 14.2. The van der Waals surface area contributed by atoms with Crippen molar-refractivity contribution in [3.05, 3.63) is 213 Å². The van der Waals surface area contributed by atoms with Crippen molar-refractivity contribution in [1.29, 1.82) is 0 Å². The normalized spacial score (nSPS) is 20.4. The Hall–Kier alpha value is 0.206. The second kappa shape index (κ2) is 24.4. The Morgan fingerprint density at radius 2 is 0.391 bits per heavy atom. The monoisotopic (exact) mass is 762 g/mol. The maximum absolute atomic E-state index is 2.27. The van der Waals surface area contributed by atoms with Gasteiger partial charge in [0.05, 0.1) is 0 Å². The van der Waals surface area contributed by atoms with Crippen LogP contribution in [0.3, 0.4) is 0 Å². The third-order valence-electron chi connectivity index (χ3n) is 8.67. The van der Waals surface area contributed by atoms with E-state index in [1.807, 2.05) is 64.2 Å². The van der Waals surface area contributed by atoms with Crippen molar-refractivity contribution in [2.75, 3.05) is 0 Å². The topological polar surface area (TPSA) is 0 Å². The van der Waals surface area contributed by atoms with Crippen molar-refractivity contribution in [3.63, 3.8) is 0 Å². The summed E-state index contributed by atoms with van der Waals surface area (Å²) in [6, 6.07) is 18.1. The molecule has 4 aliphatic rings. The van der Waals surface area contributed by atoms with E-state index in [0.717, 1.165) is 0 Å². The molecule has 6 rings (SSSR count). The number of hydrogen-bond donors (Lipinski definition) is 0. The van der Waals surface area contributed by atoms with Crippen molar-refractivity contribution in [1.82, 2.24) is 0 Å². The Morgan fingerprint density at radius 1 is 0.239 bits per heavy atom. The first kappa shape index (κ1) is 50.6. The van der Waals surface area contributed by atoms with E-state index in [9.17, 15) is 0 Å². The van der Waals surface area contributed by atoms with Gasteiger partial charge in [0, 0.05) is 11.8 Å². The van der Waals surface area contributed by atoms with E-state index in [1.165, 1.54) is 81.4 Å². The summed E-state index contributed by atoms with van der Waals surface area (Å²) in [5, 5.41) is 0. The third kappa shape index (κ3) is 12.2. The maximum Gasteiger partial charge on any atom is 4.00 e. The van der Waals surface area contributed by atoms with Crippen LogP contribution in [0.1, 0.15) is 66.5 Å². The van der Waals surface area contributed by atoms with Crippen molar-refractivity contribution >= 4 is 0 Å². The molecule has 2 heteroatoms. The van der Waals surface area contributed by atoms with Gasteiger partial charge >= 0.3 is 52.4 Å². The van der Waals surface area contributed by atoms with E-state index >= 15 is 0 Å². The second-order valence-electron chi connectivity index (χ2n) is 10.8. The molecule has 0 amide bonds. The standard InChI is InChI=1S/C30H32.2C5H5.4CH3.2Zr/c1-17-18(2)22(6)29(21(17)5)27-13-9-25(10-14-27)26-11-15-28(16-12-26)30-23(7)19(3)20(4)24(30)8;2*1-2-4-5-3-1;;;;;;/h9-16H,1-8H3;2*1-5H;4*1H3;;/q;;;4*-1;2*+4. The van der Waals surface area contributed by atoms with Crippen LogP contribution in [-0.2, 0) is 52.4 Å². The van der Waals surface area contributed by atoms with Crippen molar-refractivity contribution in [2.24, 2.45) is 0 Å². The van der Waals surface area contributed by atoms with E-state index in [0.29, 0.717) is 0 Å². The van der Waals surface area contributed by atoms with Gasteiger partial charge in [-0.2, -0.15) is 0 Å². The quantitative estimate of drug-likeness (QED) is 0.273. The van der Waals surface area contributed by atoms with Crippen LogP contribution in [0.4, 0.5) is 0 Å². The van der Waals surface area contributed by atoms with Crippen molar-refractivity contribution in [3.8, 4) is 11.1 Å². The van der Waals surface area contributed by atoms with Crippen LogP contribution in [0.2, 0.25) is 0 Å². The Labute approximate surface area is 329 Å². The van der Waals surface area contributed by atoms with E-state index < -0.39 is 0 Å². The molecule has 0 saturated heterocycles. The molecule has 0 N–H and O–H groups in total. The van der Waals surface area contributed by atoms with Gasteiger partial charge < -0.3 is 29.7 Å². The predicted molar refractivity (Wildman–Crippen MR) is 197 cm³/mol. The number of rotatable bonds is 3. The Kier molecular flexibility index (Phi) is 26.8. The predicted octanol–water partition coefficient (Wildman–Crippen LogP) is 11.8. The van der Waals surface area contributed by atoms with Crippen molar-refractivity contribution < 1.29 is 52.4 Å². The summed E-state index contributed by atoms with van der Waals surface area (Å²) in [5.41, 5.74) is 5.17. The second-order valence-corrected chi connectivity index (χ2v) is 10.8. The molecule has 0 heterocycles. The molecule has 20 radical (unpaired) electrons. The maximum atomic E-state index is 2.27. The largest absolute Gasteiger partial charge is 4.00 e. The van der Waals surface area contributed by atoms with Gasteiger partial charge in [0.1, 0.15) is 0 Å². The number of hydrogen-bond acceptors (Lipinski definition) is 0. The van der Waals surface area contributed by atoms with Crippen LogP contribution < -0.4 is 0 Å². The molecule has 0 aliphatic heterocycles. The molecule has 2 aromatic carbocycles. The summed E-state index contributed by atoms with van der Waals surface area (Å²) in [5.74, 6) is 14.1. The summed E-state index contributed by atoms with van der Waals surface area (Å²) >= 11 is 0. The summed E-state index contributed by atoms with van der Waals surface area (Å²) in [7, 11) is 0. The minimum atomic E-state index is 0. The molecule has 46 heavy (non-hydrogen) atoms. The zero-order valence-corrected chi connectivity index (χ0v) is 35.3. The van der Waals surface area contributed by atoms with E-state index in [4.69, 9.17) is 0 Å². The van der Waals surface area contributed by atoms with Crippen LogP contribution in [-0.4, -0.2) is 0 Å². The smallest absolute Gasteiger partial charge is 0.358 e. The molecule has 4 fully saturated rings. The van der Waals surface area contributed by atoms with Crippen LogP contribution in [0.25, 0.3) is 11.1 Å². The van der Waals surface area contributed by atoms with Crippen LogP contribution >= 0.6 is 0 Å². The Morgan fingerprint density at radius 3 is 0.565 bits per heavy atom. The van der Waals surface area contributed by atoms with E-state index in [2.05, 4.69) is 104 Å². The summed E-state index contributed by atoms with van der Waals surface area (Å²) in [6.45, 7) is 17.9. The minimum Gasteiger partial charge on any atom is -0.358 e. The number of benzene rings is 2. The summed E-state index contributed by atoms with van der Waals surface area (Å²) < 4.78 is 0. The van der Waals surface area contributed by atoms with Gasteiger partial charge in [-0.3, -0.25) is 0 Å². The Bertz CT molecular complexity index is 876. The van der Waals surface area contributed by atoms with Crippen LogP contribution in [0.15, 0.2) is 48.5 Å². The Balaban J connectivity index is -0.000000992. The first-order chi connectivity index (χ1) is 19.2. The van der Waals surface area contributed by atoms with Gasteiger partial charge in [-0.1, -0.05) is 104 Å². The summed E-state index contributed by atoms with van der Waals surface area (Å²) in [6.07, 6.45) is 20.0. The molecular formula is C44H54Zr2+4. The van der Waals surface area contributed by atoms with Gasteiger partial charge in [-0.15, -0.1) is 0 Å². The fourth-order valence-electron chi connectivity index (χ4n) is 5.60. The molecular weight excluding hydrogens is 711 g/mol. The molecule has 0 aromatic heterocycles. The van der Waals surface area contributed by atoms with E-state index in [1.54, 1.807) is 0 Å². The fraction of sp³-hybridized carbons (Fsp3) is 0.182. The zero-order valence-electron chi connectivity index (χ0n) is 30.4. The SMILES string of the molecule is C[C]1[C](C)[C](C)[C](c2ccc(-c3ccc([C]4[C](C)[C](C)[C](C)[C]4C)cc3)cc2)[C]1C.[CH3-].[CH3-].[CH3-].[CH3-].[CH]1[CH][CH][CH][CH]1.[CH]1[CH][CH][CH][CH]1.[Zr+4].[Zr+4]. The first-order valence-electron chi connectivity index (χ1n) is 14.2. The molecule has 234 valence electrons. The van der Waals surface area contributed by atoms with Gasteiger partial charge in [0.15, 0.2) is 0 Å². The minimum absolute atomic E-state index is 0. The molecule has 0 nitrogen and oxygen atoms in total. The van der Waals surface area contributed by atoms with Gasteiger partial charge in [-0.25, -0.2) is 0 Å². The molecule has 0 bridgehead atoms. The molecule has 4 saturated carbocycles. The molecule has 0 atom stereocenters. The van der Waals surface area contributed by atoms with Gasteiger partial charge in [-0.05, 0) is 134 Å². The van der Waals surface area contributed by atoms with Gasteiger partial charge in [0.25, 0.3) is 0 Å². The fourth-order valence-corrected chi connectivity index (χ4v) is 5.60.